The van der Waals surface area contributed by atoms with Crippen LogP contribution in [0.5, 0.6) is 0 Å². The molecule has 0 N–H and O–H groups in total. The molecule has 0 nitrogen and oxygen atoms in total. The van der Waals surface area contributed by atoms with Gasteiger partial charge in [-0.2, -0.15) is 0 Å². The molecule has 0 saturated carbocycles. The summed E-state index contributed by atoms with van der Waals surface area (Å²) in [6.45, 7) is 7.18. The van der Waals surface area contributed by atoms with E-state index in [1.807, 2.05) is 0 Å². The first-order valence-electron chi connectivity index (χ1n) is 5.03. The largest absolute Gasteiger partial charge is 0.104 e. The van der Waals surface area contributed by atoms with E-state index in [-0.39, 0.29) is 0 Å². The number of hydrogen-bond donors (Lipinski definition) is 0. The molecule has 0 radical (unpaired) electrons. The lowest BCUT2D eigenvalue weighted by atomic mass is 10.0. The molecule has 0 aromatic carbocycles. The molecule has 1 rings (SSSR count). The molecule has 0 aromatic heterocycles. The average molecular weight is 172 g/mol. The molecule has 11 heavy (non-hydrogen) atoms. The highest BCUT2D eigenvalue weighted by atomic mass is 31.1. The van der Waals surface area contributed by atoms with E-state index in [4.69, 9.17) is 0 Å². The molecule has 0 aromatic rings. The fraction of sp³-hybridized carbons (Fsp3) is 1.00. The van der Waals surface area contributed by atoms with Gasteiger partial charge in [-0.25, -0.2) is 0 Å². The van der Waals surface area contributed by atoms with Crippen molar-refractivity contribution in [3.05, 3.63) is 0 Å². The fourth-order valence-corrected chi connectivity index (χ4v) is 4.53. The number of rotatable bonds is 4. The van der Waals surface area contributed by atoms with Gasteiger partial charge in [0.25, 0.3) is 0 Å². The smallest absolute Gasteiger partial charge is 0.0209 e. The van der Waals surface area contributed by atoms with Gasteiger partial charge in [0.05, 0.1) is 0 Å². The molecule has 0 spiro atoms. The summed E-state index contributed by atoms with van der Waals surface area (Å²) in [5.74, 6) is 1.03. The van der Waals surface area contributed by atoms with E-state index < -0.39 is 0 Å². The summed E-state index contributed by atoms with van der Waals surface area (Å²) in [6, 6.07) is 0. The molecule has 1 atom stereocenters. The van der Waals surface area contributed by atoms with Gasteiger partial charge < -0.3 is 0 Å². The highest BCUT2D eigenvalue weighted by molar-refractivity contribution is 7.59. The third-order valence-electron chi connectivity index (χ3n) is 3.20. The molecule has 1 heteroatoms. The van der Waals surface area contributed by atoms with Crippen molar-refractivity contribution < 1.29 is 0 Å². The van der Waals surface area contributed by atoms with E-state index in [9.17, 15) is 0 Å². The Morgan fingerprint density at radius 3 is 2.00 bits per heavy atom. The monoisotopic (exact) mass is 172 g/mol. The Morgan fingerprint density at radius 2 is 1.73 bits per heavy atom. The lowest BCUT2D eigenvalue weighted by molar-refractivity contribution is 0.481. The van der Waals surface area contributed by atoms with Gasteiger partial charge >= 0.3 is 0 Å². The predicted octanol–water partition coefficient (Wildman–Crippen LogP) is 3.70. The Hall–Kier alpha value is 0.430. The van der Waals surface area contributed by atoms with Crippen LogP contribution >= 0.6 is 7.92 Å². The first-order valence-corrected chi connectivity index (χ1v) is 6.81. The minimum Gasteiger partial charge on any atom is -0.104 e. The summed E-state index contributed by atoms with van der Waals surface area (Å²) < 4.78 is 0. The molecule has 0 bridgehead atoms. The van der Waals surface area contributed by atoms with Gasteiger partial charge in [0, 0.05) is 0 Å². The van der Waals surface area contributed by atoms with Crippen LogP contribution in [0.4, 0.5) is 0 Å². The second-order valence-corrected chi connectivity index (χ2v) is 6.59. The molecule has 1 aliphatic heterocycles. The van der Waals surface area contributed by atoms with Crippen molar-refractivity contribution in [2.75, 3.05) is 12.3 Å². The normalized spacial score (nSPS) is 21.8. The van der Waals surface area contributed by atoms with Gasteiger partial charge in [-0.3, -0.25) is 0 Å². The Morgan fingerprint density at radius 1 is 1.18 bits per heavy atom. The lowest BCUT2D eigenvalue weighted by Gasteiger charge is -2.36. The standard InChI is InChI=1S/C10H21P/c1-4-10(5-2)9(3)11-7-6-8-11/h9-10H,4-8H2,1-3H3. The third kappa shape index (κ3) is 2.18. The Balaban J connectivity index is 2.30. The first-order chi connectivity index (χ1) is 5.29. The SMILES string of the molecule is CCC(CC)C(C)P1CCC1. The maximum Gasteiger partial charge on any atom is -0.0209 e. The molecule has 66 valence electrons. The van der Waals surface area contributed by atoms with Crippen LogP contribution in [0.25, 0.3) is 0 Å². The molecule has 0 aliphatic carbocycles. The second kappa shape index (κ2) is 4.45. The molecule has 1 unspecified atom stereocenters. The van der Waals surface area contributed by atoms with E-state index in [0.29, 0.717) is 7.92 Å². The van der Waals surface area contributed by atoms with Gasteiger partial charge in [-0.05, 0) is 30.3 Å². The number of hydrogen-bond acceptors (Lipinski definition) is 0. The van der Waals surface area contributed by atoms with Gasteiger partial charge in [-0.15, -0.1) is 7.92 Å². The lowest BCUT2D eigenvalue weighted by Crippen LogP contribution is -2.21. The van der Waals surface area contributed by atoms with Gasteiger partial charge in [0.2, 0.25) is 0 Å². The van der Waals surface area contributed by atoms with Crippen LogP contribution in [-0.2, 0) is 0 Å². The van der Waals surface area contributed by atoms with Gasteiger partial charge in [0.1, 0.15) is 0 Å². The van der Waals surface area contributed by atoms with Gasteiger partial charge in [-0.1, -0.05) is 33.6 Å². The average Bonchev–Trinajstić information content (AvgIpc) is 1.86. The molecular weight excluding hydrogens is 151 g/mol. The van der Waals surface area contributed by atoms with Crippen molar-refractivity contribution in [1.29, 1.82) is 0 Å². The van der Waals surface area contributed by atoms with Crippen molar-refractivity contribution in [3.63, 3.8) is 0 Å². The van der Waals surface area contributed by atoms with E-state index >= 15 is 0 Å². The molecule has 1 fully saturated rings. The summed E-state index contributed by atoms with van der Waals surface area (Å²) in [7, 11) is 0.490. The Bertz CT molecular complexity index is 103. The Kier molecular flexibility index (Phi) is 3.85. The zero-order valence-corrected chi connectivity index (χ0v) is 9.03. The molecule has 1 saturated heterocycles. The molecule has 1 aliphatic rings. The minimum absolute atomic E-state index is 0.490. The highest BCUT2D eigenvalue weighted by Gasteiger charge is 2.27. The van der Waals surface area contributed by atoms with Crippen LogP contribution in [0.1, 0.15) is 40.0 Å². The van der Waals surface area contributed by atoms with E-state index in [2.05, 4.69) is 20.8 Å². The summed E-state index contributed by atoms with van der Waals surface area (Å²) in [6.07, 6.45) is 7.48. The van der Waals surface area contributed by atoms with Crippen LogP contribution < -0.4 is 0 Å². The van der Waals surface area contributed by atoms with Crippen molar-refractivity contribution in [2.24, 2.45) is 5.92 Å². The van der Waals surface area contributed by atoms with Gasteiger partial charge in [0.15, 0.2) is 0 Å². The summed E-state index contributed by atoms with van der Waals surface area (Å²) >= 11 is 0. The predicted molar refractivity (Wildman–Crippen MR) is 54.8 cm³/mol. The topological polar surface area (TPSA) is 0 Å². The van der Waals surface area contributed by atoms with Crippen LogP contribution in [-0.4, -0.2) is 18.0 Å². The maximum atomic E-state index is 2.49. The van der Waals surface area contributed by atoms with Crippen LogP contribution in [0.2, 0.25) is 0 Å². The molecular formula is C10H21P. The Labute approximate surface area is 72.5 Å². The van der Waals surface area contributed by atoms with E-state index in [1.54, 1.807) is 12.3 Å². The van der Waals surface area contributed by atoms with Crippen molar-refractivity contribution in [3.8, 4) is 0 Å². The maximum absolute atomic E-state index is 2.49. The van der Waals surface area contributed by atoms with Crippen LogP contribution in [0.15, 0.2) is 0 Å². The van der Waals surface area contributed by atoms with Crippen LogP contribution in [0, 0.1) is 5.92 Å². The zero-order chi connectivity index (χ0) is 8.27. The first kappa shape index (κ1) is 9.52. The second-order valence-electron chi connectivity index (χ2n) is 3.71. The van der Waals surface area contributed by atoms with Crippen molar-refractivity contribution >= 4 is 7.92 Å². The molecule has 1 heterocycles. The summed E-state index contributed by atoms with van der Waals surface area (Å²) in [5, 5.41) is 0. The zero-order valence-electron chi connectivity index (χ0n) is 8.14. The quantitative estimate of drug-likeness (QED) is 0.567. The van der Waals surface area contributed by atoms with Crippen LogP contribution in [0.3, 0.4) is 0 Å². The summed E-state index contributed by atoms with van der Waals surface area (Å²) in [5.41, 5.74) is 1.06. The van der Waals surface area contributed by atoms with Crippen molar-refractivity contribution in [2.45, 2.75) is 45.7 Å². The molecule has 0 amide bonds. The van der Waals surface area contributed by atoms with E-state index in [0.717, 1.165) is 11.6 Å². The van der Waals surface area contributed by atoms with E-state index in [1.165, 1.54) is 19.3 Å². The highest BCUT2D eigenvalue weighted by Crippen LogP contribution is 2.53. The minimum atomic E-state index is 0.490. The third-order valence-corrected chi connectivity index (χ3v) is 6.55. The summed E-state index contributed by atoms with van der Waals surface area (Å²) in [4.78, 5) is 0. The fourth-order valence-electron chi connectivity index (χ4n) is 2.02. The van der Waals surface area contributed by atoms with Crippen molar-refractivity contribution in [1.82, 2.24) is 0 Å².